The van der Waals surface area contributed by atoms with Crippen molar-refractivity contribution in [2.75, 3.05) is 35.7 Å². The van der Waals surface area contributed by atoms with E-state index in [0.29, 0.717) is 22.8 Å². The van der Waals surface area contributed by atoms with Gasteiger partial charge in [0.15, 0.2) is 11.5 Å². The molecular formula is C25H27N3O6S. The quantitative estimate of drug-likeness (QED) is 0.465. The summed E-state index contributed by atoms with van der Waals surface area (Å²) in [6.45, 7) is 2.78. The van der Waals surface area contributed by atoms with Crippen molar-refractivity contribution in [2.45, 2.75) is 18.7 Å². The van der Waals surface area contributed by atoms with Crippen molar-refractivity contribution in [1.29, 1.82) is 0 Å². The number of nitrogens with one attached hydrogen (secondary N) is 2. The molecule has 0 fully saturated rings. The molecule has 2 amide bonds. The number of rotatable bonds is 9. The number of hydrogen-bond acceptors (Lipinski definition) is 6. The van der Waals surface area contributed by atoms with Crippen molar-refractivity contribution in [3.05, 3.63) is 72.3 Å². The molecule has 0 spiro atoms. The van der Waals surface area contributed by atoms with Crippen molar-refractivity contribution in [2.24, 2.45) is 0 Å². The van der Waals surface area contributed by atoms with Gasteiger partial charge in [0, 0.05) is 24.4 Å². The maximum Gasteiger partial charge on any atom is 0.264 e. The number of ether oxygens (including phenoxy) is 2. The smallest absolute Gasteiger partial charge is 0.264 e. The van der Waals surface area contributed by atoms with Crippen LogP contribution in [0, 0.1) is 6.92 Å². The SMILES string of the molecule is COc1ccc(S(=O)(=O)N(CC(=O)Nc2cccc(NC(C)=O)c2)c2ccc(C)cc2)cc1OC. The van der Waals surface area contributed by atoms with Crippen LogP contribution in [0.2, 0.25) is 0 Å². The first-order valence-corrected chi connectivity index (χ1v) is 12.1. The minimum Gasteiger partial charge on any atom is -0.493 e. The zero-order valence-electron chi connectivity index (χ0n) is 19.9. The van der Waals surface area contributed by atoms with Gasteiger partial charge in [-0.15, -0.1) is 0 Å². The Bertz CT molecular complexity index is 1320. The molecule has 0 atom stereocenters. The number of benzene rings is 3. The molecule has 0 bridgehead atoms. The van der Waals surface area contributed by atoms with Crippen LogP contribution < -0.4 is 24.4 Å². The normalized spacial score (nSPS) is 10.9. The summed E-state index contributed by atoms with van der Waals surface area (Å²) in [7, 11) is -1.29. The number of carbonyl (C=O) groups excluding carboxylic acids is 2. The van der Waals surface area contributed by atoms with E-state index in [1.54, 1.807) is 48.5 Å². The summed E-state index contributed by atoms with van der Waals surface area (Å²) in [6.07, 6.45) is 0. The van der Waals surface area contributed by atoms with Crippen molar-refractivity contribution in [3.63, 3.8) is 0 Å². The highest BCUT2D eigenvalue weighted by atomic mass is 32.2. The van der Waals surface area contributed by atoms with Gasteiger partial charge in [-0.05, 0) is 49.4 Å². The van der Waals surface area contributed by atoms with Crippen LogP contribution in [0.5, 0.6) is 11.5 Å². The fourth-order valence-electron chi connectivity index (χ4n) is 3.34. The molecule has 0 saturated carbocycles. The van der Waals surface area contributed by atoms with Crippen LogP contribution in [0.4, 0.5) is 17.1 Å². The molecule has 2 N–H and O–H groups in total. The van der Waals surface area contributed by atoms with E-state index in [9.17, 15) is 18.0 Å². The van der Waals surface area contributed by atoms with Crippen LogP contribution in [0.3, 0.4) is 0 Å². The van der Waals surface area contributed by atoms with Crippen LogP contribution >= 0.6 is 0 Å². The Balaban J connectivity index is 1.94. The summed E-state index contributed by atoms with van der Waals surface area (Å²) in [5.74, 6) is -0.184. The average molecular weight is 498 g/mol. The van der Waals surface area contributed by atoms with Crippen molar-refractivity contribution < 1.29 is 27.5 Å². The van der Waals surface area contributed by atoms with E-state index >= 15 is 0 Å². The lowest BCUT2D eigenvalue weighted by Crippen LogP contribution is -2.38. The lowest BCUT2D eigenvalue weighted by atomic mass is 10.2. The molecule has 0 heterocycles. The van der Waals surface area contributed by atoms with Crippen molar-refractivity contribution >= 4 is 38.9 Å². The zero-order valence-corrected chi connectivity index (χ0v) is 20.7. The molecule has 0 aliphatic heterocycles. The van der Waals surface area contributed by atoms with Gasteiger partial charge in [0.1, 0.15) is 6.54 Å². The lowest BCUT2D eigenvalue weighted by molar-refractivity contribution is -0.115. The Morgan fingerprint density at radius 3 is 2.09 bits per heavy atom. The van der Waals surface area contributed by atoms with E-state index in [0.717, 1.165) is 9.87 Å². The van der Waals surface area contributed by atoms with E-state index < -0.39 is 22.5 Å². The second-order valence-electron chi connectivity index (χ2n) is 7.67. The summed E-state index contributed by atoms with van der Waals surface area (Å²) in [4.78, 5) is 24.2. The maximum atomic E-state index is 13.7. The van der Waals surface area contributed by atoms with Gasteiger partial charge in [0.05, 0.1) is 24.8 Å². The topological polar surface area (TPSA) is 114 Å². The van der Waals surface area contributed by atoms with Gasteiger partial charge in [0.25, 0.3) is 10.0 Å². The molecule has 0 radical (unpaired) electrons. The second kappa shape index (κ2) is 10.9. The lowest BCUT2D eigenvalue weighted by Gasteiger charge is -2.24. The molecule has 0 unspecified atom stereocenters. The molecule has 3 aromatic rings. The number of methoxy groups -OCH3 is 2. The van der Waals surface area contributed by atoms with Gasteiger partial charge in [0.2, 0.25) is 11.8 Å². The van der Waals surface area contributed by atoms with Gasteiger partial charge in [-0.1, -0.05) is 23.8 Å². The highest BCUT2D eigenvalue weighted by Gasteiger charge is 2.28. The largest absolute Gasteiger partial charge is 0.493 e. The predicted octanol–water partition coefficient (Wildman–Crippen LogP) is 3.80. The summed E-state index contributed by atoms with van der Waals surface area (Å²) in [5, 5.41) is 5.33. The molecular weight excluding hydrogens is 470 g/mol. The summed E-state index contributed by atoms with van der Waals surface area (Å²) in [6, 6.07) is 17.6. The molecule has 0 saturated heterocycles. The standard InChI is InChI=1S/C25H27N3O6S/c1-17-8-10-21(11-9-17)28(35(31,32)22-12-13-23(33-3)24(15-22)34-4)16-25(30)27-20-7-5-6-19(14-20)26-18(2)29/h5-15H,16H2,1-4H3,(H,26,29)(H,27,30). The molecule has 9 nitrogen and oxygen atoms in total. The summed E-state index contributed by atoms with van der Waals surface area (Å²) >= 11 is 0. The van der Waals surface area contributed by atoms with Gasteiger partial charge in [-0.25, -0.2) is 8.42 Å². The van der Waals surface area contributed by atoms with Crippen LogP contribution in [0.1, 0.15) is 12.5 Å². The van der Waals surface area contributed by atoms with E-state index in [4.69, 9.17) is 9.47 Å². The van der Waals surface area contributed by atoms with E-state index in [1.807, 2.05) is 6.92 Å². The fourth-order valence-corrected chi connectivity index (χ4v) is 4.78. The maximum absolute atomic E-state index is 13.7. The first-order valence-electron chi connectivity index (χ1n) is 10.6. The van der Waals surface area contributed by atoms with Crippen LogP contribution in [0.15, 0.2) is 71.6 Å². The second-order valence-corrected chi connectivity index (χ2v) is 9.54. The number of hydrogen-bond donors (Lipinski definition) is 2. The van der Waals surface area contributed by atoms with Crippen LogP contribution in [-0.4, -0.2) is 41.0 Å². The molecule has 10 heteroatoms. The predicted molar refractivity (Wildman–Crippen MR) is 135 cm³/mol. The van der Waals surface area contributed by atoms with E-state index in [-0.39, 0.29) is 16.6 Å². The third-order valence-corrected chi connectivity index (χ3v) is 6.79. The number of aryl methyl sites for hydroxylation is 1. The monoisotopic (exact) mass is 497 g/mol. The zero-order chi connectivity index (χ0) is 25.6. The number of sulfonamides is 1. The van der Waals surface area contributed by atoms with Crippen molar-refractivity contribution in [1.82, 2.24) is 0 Å². The minimum atomic E-state index is -4.16. The number of anilines is 3. The van der Waals surface area contributed by atoms with E-state index in [1.165, 1.54) is 39.3 Å². The average Bonchev–Trinajstić information content (AvgIpc) is 2.82. The van der Waals surface area contributed by atoms with Gasteiger partial charge in [-0.3, -0.25) is 13.9 Å². The third kappa shape index (κ3) is 6.30. The molecule has 0 aliphatic carbocycles. The third-order valence-electron chi connectivity index (χ3n) is 5.02. The number of carbonyl (C=O) groups is 2. The Kier molecular flexibility index (Phi) is 7.98. The van der Waals surface area contributed by atoms with E-state index in [2.05, 4.69) is 10.6 Å². The number of nitrogens with zero attached hydrogens (tertiary/aromatic N) is 1. The van der Waals surface area contributed by atoms with Crippen LogP contribution in [0.25, 0.3) is 0 Å². The molecule has 0 aromatic heterocycles. The molecule has 184 valence electrons. The molecule has 3 aromatic carbocycles. The highest BCUT2D eigenvalue weighted by Crippen LogP contribution is 2.32. The highest BCUT2D eigenvalue weighted by molar-refractivity contribution is 7.92. The first-order chi connectivity index (χ1) is 16.6. The summed E-state index contributed by atoms with van der Waals surface area (Å²) in [5.41, 5.74) is 2.18. The van der Waals surface area contributed by atoms with Gasteiger partial charge in [-0.2, -0.15) is 0 Å². The Hall–Kier alpha value is -4.05. The molecule has 35 heavy (non-hydrogen) atoms. The fraction of sp³-hybridized carbons (Fsp3) is 0.200. The summed E-state index contributed by atoms with van der Waals surface area (Å²) < 4.78 is 38.8. The van der Waals surface area contributed by atoms with Gasteiger partial charge < -0.3 is 20.1 Å². The number of amides is 2. The molecule has 0 aliphatic rings. The Morgan fingerprint density at radius 1 is 0.857 bits per heavy atom. The Morgan fingerprint density at radius 2 is 1.49 bits per heavy atom. The minimum absolute atomic E-state index is 0.0591. The van der Waals surface area contributed by atoms with Crippen LogP contribution in [-0.2, 0) is 19.6 Å². The first kappa shape index (κ1) is 25.6. The molecule has 3 rings (SSSR count). The Labute approximate surface area is 204 Å². The van der Waals surface area contributed by atoms with Crippen molar-refractivity contribution in [3.8, 4) is 11.5 Å². The van der Waals surface area contributed by atoms with Gasteiger partial charge >= 0.3 is 0 Å².